The molecule has 34 heavy (non-hydrogen) atoms. The molecule has 7 nitrogen and oxygen atoms in total. The molecule has 4 rings (SSSR count). The number of fused-ring (bicyclic) bond motifs is 1. The van der Waals surface area contributed by atoms with E-state index in [9.17, 15) is 13.2 Å². The van der Waals surface area contributed by atoms with Crippen molar-refractivity contribution in [3.05, 3.63) is 90.1 Å². The van der Waals surface area contributed by atoms with Crippen LogP contribution >= 0.6 is 0 Å². The third kappa shape index (κ3) is 4.69. The summed E-state index contributed by atoms with van der Waals surface area (Å²) in [5, 5.41) is 3.68. The largest absolute Gasteiger partial charge is 0.492 e. The lowest BCUT2D eigenvalue weighted by Crippen LogP contribution is -2.23. The molecule has 0 aliphatic heterocycles. The van der Waals surface area contributed by atoms with E-state index in [-0.39, 0.29) is 16.6 Å². The third-order valence-electron chi connectivity index (χ3n) is 5.49. The zero-order valence-electron chi connectivity index (χ0n) is 19.4. The zero-order valence-corrected chi connectivity index (χ0v) is 20.2. The smallest absolute Gasteiger partial charge is 0.257 e. The molecule has 1 heterocycles. The Kier molecular flexibility index (Phi) is 6.72. The lowest BCUT2D eigenvalue weighted by Gasteiger charge is -2.16. The molecule has 0 unspecified atom stereocenters. The Labute approximate surface area is 199 Å². The first-order valence-corrected chi connectivity index (χ1v) is 12.4. The molecule has 0 bridgehead atoms. The van der Waals surface area contributed by atoms with Crippen molar-refractivity contribution >= 4 is 32.5 Å². The van der Waals surface area contributed by atoms with Crippen LogP contribution in [0.3, 0.4) is 0 Å². The van der Waals surface area contributed by atoms with Gasteiger partial charge in [0, 0.05) is 43.4 Å². The fourth-order valence-corrected chi connectivity index (χ4v) is 4.85. The van der Waals surface area contributed by atoms with Gasteiger partial charge in [-0.2, -0.15) is 0 Å². The number of hydrogen-bond donors (Lipinski definition) is 1. The summed E-state index contributed by atoms with van der Waals surface area (Å²) in [7, 11) is -0.852. The van der Waals surface area contributed by atoms with Crippen molar-refractivity contribution in [1.82, 2.24) is 8.87 Å². The molecule has 0 fully saturated rings. The van der Waals surface area contributed by atoms with Gasteiger partial charge in [-0.05, 0) is 36.8 Å². The zero-order chi connectivity index (χ0) is 24.3. The van der Waals surface area contributed by atoms with Gasteiger partial charge in [-0.3, -0.25) is 4.79 Å². The van der Waals surface area contributed by atoms with E-state index in [1.54, 1.807) is 19.1 Å². The molecule has 4 aromatic rings. The summed E-state index contributed by atoms with van der Waals surface area (Å²) >= 11 is 0. The van der Waals surface area contributed by atoms with E-state index in [0.29, 0.717) is 24.4 Å². The van der Waals surface area contributed by atoms with Crippen molar-refractivity contribution in [3.63, 3.8) is 0 Å². The van der Waals surface area contributed by atoms with E-state index in [0.717, 1.165) is 20.8 Å². The van der Waals surface area contributed by atoms with Gasteiger partial charge in [0.25, 0.3) is 5.91 Å². The van der Waals surface area contributed by atoms with E-state index < -0.39 is 10.0 Å². The summed E-state index contributed by atoms with van der Waals surface area (Å²) in [5.74, 6) is -0.0750. The number of sulfonamides is 1. The van der Waals surface area contributed by atoms with Gasteiger partial charge in [-0.25, -0.2) is 12.7 Å². The first-order valence-electron chi connectivity index (χ1n) is 10.9. The Morgan fingerprint density at radius 3 is 2.41 bits per heavy atom. The van der Waals surface area contributed by atoms with Gasteiger partial charge in [0.05, 0.1) is 12.2 Å². The number of rotatable bonds is 8. The minimum Gasteiger partial charge on any atom is -0.492 e. The van der Waals surface area contributed by atoms with Crippen molar-refractivity contribution < 1.29 is 17.9 Å². The summed E-state index contributed by atoms with van der Waals surface area (Å²) in [4.78, 5) is 13.3. The van der Waals surface area contributed by atoms with Crippen LogP contribution < -0.4 is 10.1 Å². The quantitative estimate of drug-likeness (QED) is 0.403. The Morgan fingerprint density at radius 1 is 1.00 bits per heavy atom. The lowest BCUT2D eigenvalue weighted by molar-refractivity contribution is 0.102. The highest BCUT2D eigenvalue weighted by Gasteiger charge is 2.24. The maximum Gasteiger partial charge on any atom is 0.257 e. The van der Waals surface area contributed by atoms with E-state index >= 15 is 0 Å². The fraction of sp³-hybridized carbons (Fsp3) is 0.192. The molecule has 0 spiro atoms. The number of para-hydroxylation sites is 1. The number of carbonyl (C=O) groups is 1. The van der Waals surface area contributed by atoms with Crippen LogP contribution in [-0.4, -0.2) is 43.9 Å². The van der Waals surface area contributed by atoms with E-state index in [4.69, 9.17) is 4.74 Å². The normalized spacial score (nSPS) is 11.6. The highest BCUT2D eigenvalue weighted by atomic mass is 32.2. The van der Waals surface area contributed by atoms with E-state index in [1.165, 1.54) is 20.2 Å². The summed E-state index contributed by atoms with van der Waals surface area (Å²) in [6.07, 6.45) is 1.83. The van der Waals surface area contributed by atoms with Crippen LogP contribution in [0.5, 0.6) is 5.75 Å². The Morgan fingerprint density at radius 2 is 1.71 bits per heavy atom. The molecule has 0 aliphatic rings. The van der Waals surface area contributed by atoms with Crippen LogP contribution in [0.1, 0.15) is 22.8 Å². The molecule has 1 aromatic heterocycles. The molecular weight excluding hydrogens is 450 g/mol. The Bertz CT molecular complexity index is 1430. The number of aromatic nitrogens is 1. The SMILES string of the molecule is CCOc1ccc(NC(=O)c2cn(Cc3ccccc3)c3ccccc23)cc1S(=O)(=O)N(C)C. The molecule has 1 N–H and O–H groups in total. The number of benzene rings is 3. The predicted octanol–water partition coefficient (Wildman–Crippen LogP) is 4.59. The summed E-state index contributed by atoms with van der Waals surface area (Å²) in [5.41, 5.74) is 2.95. The van der Waals surface area contributed by atoms with Crippen LogP contribution in [0.15, 0.2) is 83.9 Å². The average Bonchev–Trinajstić information content (AvgIpc) is 3.19. The molecule has 3 aromatic carbocycles. The minimum absolute atomic E-state index is 0.00339. The fourth-order valence-electron chi connectivity index (χ4n) is 3.80. The standard InChI is InChI=1S/C26H27N3O4S/c1-4-33-24-15-14-20(16-25(24)34(31,32)28(2)3)27-26(30)22-18-29(17-19-10-6-5-7-11-19)23-13-9-8-12-21(22)23/h5-16,18H,4,17H2,1-3H3,(H,27,30). The van der Waals surface area contributed by atoms with Crippen molar-refractivity contribution in [2.45, 2.75) is 18.4 Å². The summed E-state index contributed by atoms with van der Waals surface area (Å²) in [6, 6.07) is 22.4. The molecule has 0 aliphatic carbocycles. The van der Waals surface area contributed by atoms with Gasteiger partial charge < -0.3 is 14.6 Å². The van der Waals surface area contributed by atoms with Crippen LogP contribution in [0.25, 0.3) is 10.9 Å². The summed E-state index contributed by atoms with van der Waals surface area (Å²) < 4.78 is 34.3. The highest BCUT2D eigenvalue weighted by Crippen LogP contribution is 2.30. The monoisotopic (exact) mass is 477 g/mol. The first-order chi connectivity index (χ1) is 16.3. The van der Waals surface area contributed by atoms with Crippen molar-refractivity contribution in [2.24, 2.45) is 0 Å². The summed E-state index contributed by atoms with van der Waals surface area (Å²) in [6.45, 7) is 2.73. The predicted molar refractivity (Wildman–Crippen MR) is 134 cm³/mol. The van der Waals surface area contributed by atoms with Gasteiger partial charge in [0.2, 0.25) is 10.0 Å². The molecule has 0 atom stereocenters. The van der Waals surface area contributed by atoms with Gasteiger partial charge >= 0.3 is 0 Å². The molecule has 1 amide bonds. The maximum atomic E-state index is 13.3. The van der Waals surface area contributed by atoms with Crippen LogP contribution in [0.2, 0.25) is 0 Å². The molecule has 0 radical (unpaired) electrons. The second-order valence-electron chi connectivity index (χ2n) is 8.01. The number of carbonyl (C=O) groups excluding carboxylic acids is 1. The average molecular weight is 478 g/mol. The second-order valence-corrected chi connectivity index (χ2v) is 10.1. The number of ether oxygens (including phenoxy) is 1. The van der Waals surface area contributed by atoms with Gasteiger partial charge in [0.15, 0.2) is 0 Å². The number of amides is 1. The van der Waals surface area contributed by atoms with Crippen LogP contribution in [0, 0.1) is 0 Å². The Hall–Kier alpha value is -3.62. The molecule has 0 saturated heterocycles. The third-order valence-corrected chi connectivity index (χ3v) is 7.33. The maximum absolute atomic E-state index is 13.3. The van der Waals surface area contributed by atoms with Crippen LogP contribution in [-0.2, 0) is 16.6 Å². The van der Waals surface area contributed by atoms with Gasteiger partial charge in [-0.1, -0.05) is 48.5 Å². The molecule has 0 saturated carbocycles. The van der Waals surface area contributed by atoms with Crippen molar-refractivity contribution in [1.29, 1.82) is 0 Å². The minimum atomic E-state index is -3.76. The van der Waals surface area contributed by atoms with Gasteiger partial charge in [-0.15, -0.1) is 0 Å². The Balaban J connectivity index is 1.69. The molecule has 8 heteroatoms. The van der Waals surface area contributed by atoms with Crippen LogP contribution in [0.4, 0.5) is 5.69 Å². The highest BCUT2D eigenvalue weighted by molar-refractivity contribution is 7.89. The first kappa shape index (κ1) is 23.5. The topological polar surface area (TPSA) is 80.6 Å². The van der Waals surface area contributed by atoms with E-state index in [2.05, 4.69) is 5.32 Å². The molecular formula is C26H27N3O4S. The number of anilines is 1. The number of nitrogens with zero attached hydrogens (tertiary/aromatic N) is 2. The van der Waals surface area contributed by atoms with Gasteiger partial charge in [0.1, 0.15) is 10.6 Å². The van der Waals surface area contributed by atoms with E-state index in [1.807, 2.05) is 65.4 Å². The number of nitrogens with one attached hydrogen (secondary N) is 1. The molecule has 176 valence electrons. The lowest BCUT2D eigenvalue weighted by atomic mass is 10.1. The number of hydrogen-bond acceptors (Lipinski definition) is 4. The van der Waals surface area contributed by atoms with Crippen molar-refractivity contribution in [2.75, 3.05) is 26.0 Å². The van der Waals surface area contributed by atoms with Crippen molar-refractivity contribution in [3.8, 4) is 5.75 Å². The second kappa shape index (κ2) is 9.70.